The third kappa shape index (κ3) is 2.70. The molecule has 3 aromatic rings. The first-order valence-corrected chi connectivity index (χ1v) is 8.30. The molecule has 4 heterocycles. The molecule has 1 saturated heterocycles. The Balaban J connectivity index is 1.97. The lowest BCUT2D eigenvalue weighted by molar-refractivity contribution is -0.138. The number of hydrogen-bond acceptors (Lipinski definition) is 5. The lowest BCUT2D eigenvalue weighted by atomic mass is 9.92. The number of anilines is 1. The van der Waals surface area contributed by atoms with E-state index in [9.17, 15) is 13.2 Å². The van der Waals surface area contributed by atoms with Crippen LogP contribution in [0.15, 0.2) is 18.6 Å². The topological polar surface area (TPSA) is 86.1 Å². The molecule has 0 saturated carbocycles. The van der Waals surface area contributed by atoms with E-state index in [2.05, 4.69) is 20.5 Å². The number of aryl methyl sites for hydroxylation is 1. The molecule has 4 rings (SSSR count). The van der Waals surface area contributed by atoms with Gasteiger partial charge >= 0.3 is 6.18 Å². The summed E-state index contributed by atoms with van der Waals surface area (Å²) in [4.78, 5) is 4.40. The Morgan fingerprint density at radius 2 is 2.08 bits per heavy atom. The highest BCUT2D eigenvalue weighted by atomic mass is 19.4. The van der Waals surface area contributed by atoms with Gasteiger partial charge in [0.25, 0.3) is 0 Å². The Hall–Kier alpha value is -2.62. The van der Waals surface area contributed by atoms with Gasteiger partial charge in [0.2, 0.25) is 0 Å². The Morgan fingerprint density at radius 3 is 2.69 bits per heavy atom. The maximum absolute atomic E-state index is 13.7. The quantitative estimate of drug-likeness (QED) is 0.727. The highest BCUT2D eigenvalue weighted by Gasteiger charge is 2.40. The number of aromatic nitrogens is 5. The molecule has 0 aliphatic carbocycles. The van der Waals surface area contributed by atoms with Crippen molar-refractivity contribution in [1.82, 2.24) is 29.7 Å². The number of nitrogens with two attached hydrogens (primary N) is 1. The van der Waals surface area contributed by atoms with Gasteiger partial charge in [-0.3, -0.25) is 4.68 Å². The number of piperidine rings is 1. The van der Waals surface area contributed by atoms with Crippen molar-refractivity contribution in [3.05, 3.63) is 29.8 Å². The average molecular weight is 365 g/mol. The van der Waals surface area contributed by atoms with Gasteiger partial charge < -0.3 is 11.1 Å². The summed E-state index contributed by atoms with van der Waals surface area (Å²) >= 11 is 0. The molecule has 26 heavy (non-hydrogen) atoms. The van der Waals surface area contributed by atoms with Gasteiger partial charge in [-0.2, -0.15) is 27.9 Å². The number of hydrogen-bond donors (Lipinski definition) is 2. The van der Waals surface area contributed by atoms with Crippen LogP contribution >= 0.6 is 0 Å². The molecule has 138 valence electrons. The lowest BCUT2D eigenvalue weighted by Gasteiger charge is -2.26. The van der Waals surface area contributed by atoms with Crippen LogP contribution in [-0.2, 0) is 13.2 Å². The summed E-state index contributed by atoms with van der Waals surface area (Å²) in [6.45, 7) is 1.24. The van der Waals surface area contributed by atoms with Crippen molar-refractivity contribution in [2.24, 2.45) is 7.05 Å². The molecular weight excluding hydrogens is 347 g/mol. The molecule has 0 bridgehead atoms. The van der Waals surface area contributed by atoms with E-state index in [1.165, 1.54) is 6.20 Å². The third-order valence-electron chi connectivity index (χ3n) is 4.69. The largest absolute Gasteiger partial charge is 0.421 e. The van der Waals surface area contributed by atoms with Crippen LogP contribution in [0.3, 0.4) is 0 Å². The number of nitrogen functional groups attached to an aromatic ring is 1. The zero-order valence-corrected chi connectivity index (χ0v) is 14.1. The first-order chi connectivity index (χ1) is 12.4. The zero-order chi connectivity index (χ0) is 18.5. The molecule has 0 amide bonds. The van der Waals surface area contributed by atoms with Gasteiger partial charge in [-0.15, -0.1) is 0 Å². The van der Waals surface area contributed by atoms with Crippen molar-refractivity contribution in [3.8, 4) is 11.1 Å². The van der Waals surface area contributed by atoms with E-state index in [1.807, 2.05) is 0 Å². The number of halogens is 3. The Bertz CT molecular complexity index is 951. The molecule has 0 unspecified atom stereocenters. The molecule has 1 aliphatic rings. The number of rotatable bonds is 2. The van der Waals surface area contributed by atoms with Crippen molar-refractivity contribution in [1.29, 1.82) is 0 Å². The fourth-order valence-electron chi connectivity index (χ4n) is 3.47. The van der Waals surface area contributed by atoms with Gasteiger partial charge in [-0.25, -0.2) is 4.98 Å². The minimum atomic E-state index is -4.60. The predicted octanol–water partition coefficient (Wildman–Crippen LogP) is 2.20. The minimum absolute atomic E-state index is 0.0136. The van der Waals surface area contributed by atoms with E-state index in [0.29, 0.717) is 24.2 Å². The number of fused-ring (bicyclic) bond motifs is 1. The van der Waals surface area contributed by atoms with Crippen molar-refractivity contribution in [2.45, 2.75) is 24.9 Å². The first-order valence-electron chi connectivity index (χ1n) is 8.30. The van der Waals surface area contributed by atoms with Gasteiger partial charge in [-0.05, 0) is 19.4 Å². The second-order valence-corrected chi connectivity index (χ2v) is 6.49. The van der Waals surface area contributed by atoms with Crippen molar-refractivity contribution in [3.63, 3.8) is 0 Å². The smallest absolute Gasteiger partial charge is 0.383 e. The molecule has 0 spiro atoms. The molecule has 3 N–H and O–H groups in total. The standard InChI is InChI=1S/C16H18F3N7/c1-25-8-10(6-22-25)11-7-23-26-14(20)12(16(17,18)19)13(24-15(11)26)9-3-2-4-21-5-9/h6-9,21H,2-5,20H2,1H3/t9-/m1/s1. The van der Waals surface area contributed by atoms with Crippen LogP contribution in [0.2, 0.25) is 0 Å². The number of alkyl halides is 3. The van der Waals surface area contributed by atoms with Crippen molar-refractivity contribution < 1.29 is 13.2 Å². The van der Waals surface area contributed by atoms with Crippen LogP contribution in [0.5, 0.6) is 0 Å². The SMILES string of the molecule is Cn1cc(-c2cnn3c(N)c(C(F)(F)F)c([C@@H]4CCCNC4)nc23)cn1. The maximum atomic E-state index is 13.7. The Morgan fingerprint density at radius 1 is 1.27 bits per heavy atom. The van der Waals surface area contributed by atoms with Crippen LogP contribution < -0.4 is 11.1 Å². The zero-order valence-electron chi connectivity index (χ0n) is 14.1. The van der Waals surface area contributed by atoms with E-state index in [4.69, 9.17) is 5.73 Å². The molecule has 1 aliphatic heterocycles. The van der Waals surface area contributed by atoms with Crippen LogP contribution in [0.25, 0.3) is 16.8 Å². The van der Waals surface area contributed by atoms with E-state index < -0.39 is 17.6 Å². The normalized spacial score (nSPS) is 18.5. The van der Waals surface area contributed by atoms with Crippen LogP contribution in [0, 0.1) is 0 Å². The fourth-order valence-corrected chi connectivity index (χ4v) is 3.47. The van der Waals surface area contributed by atoms with Crippen LogP contribution in [-0.4, -0.2) is 37.5 Å². The predicted molar refractivity (Wildman–Crippen MR) is 89.4 cm³/mol. The monoisotopic (exact) mass is 365 g/mol. The molecule has 1 fully saturated rings. The van der Waals surface area contributed by atoms with Gasteiger partial charge in [0, 0.05) is 36.8 Å². The van der Waals surface area contributed by atoms with Crippen molar-refractivity contribution in [2.75, 3.05) is 18.8 Å². The Labute approximate surface area is 147 Å². The molecule has 1 atom stereocenters. The van der Waals surface area contributed by atoms with E-state index in [-0.39, 0.29) is 11.6 Å². The number of nitrogens with zero attached hydrogens (tertiary/aromatic N) is 5. The average Bonchev–Trinajstić information content (AvgIpc) is 3.20. The Kier molecular flexibility index (Phi) is 3.87. The minimum Gasteiger partial charge on any atom is -0.383 e. The molecular formula is C16H18F3N7. The summed E-state index contributed by atoms with van der Waals surface area (Å²) < 4.78 is 43.9. The highest BCUT2D eigenvalue weighted by molar-refractivity contribution is 5.78. The summed E-state index contributed by atoms with van der Waals surface area (Å²) in [5.41, 5.74) is 6.64. The van der Waals surface area contributed by atoms with Gasteiger partial charge in [0.15, 0.2) is 5.65 Å². The summed E-state index contributed by atoms with van der Waals surface area (Å²) in [6.07, 6.45) is 1.68. The second kappa shape index (κ2) is 5.97. The summed E-state index contributed by atoms with van der Waals surface area (Å²) in [6, 6.07) is 0. The summed E-state index contributed by atoms with van der Waals surface area (Å²) in [7, 11) is 1.76. The third-order valence-corrected chi connectivity index (χ3v) is 4.69. The van der Waals surface area contributed by atoms with Gasteiger partial charge in [0.1, 0.15) is 11.4 Å². The summed E-state index contributed by atoms with van der Waals surface area (Å²) in [5.74, 6) is -0.775. The van der Waals surface area contributed by atoms with E-state index in [1.54, 1.807) is 24.1 Å². The molecule has 7 nitrogen and oxygen atoms in total. The molecule has 0 radical (unpaired) electrons. The van der Waals surface area contributed by atoms with Gasteiger partial charge in [-0.1, -0.05) is 0 Å². The molecule has 3 aromatic heterocycles. The van der Waals surface area contributed by atoms with E-state index >= 15 is 0 Å². The highest BCUT2D eigenvalue weighted by Crippen LogP contribution is 2.41. The first kappa shape index (κ1) is 16.8. The summed E-state index contributed by atoms with van der Waals surface area (Å²) in [5, 5.41) is 11.3. The maximum Gasteiger partial charge on any atom is 0.421 e. The van der Waals surface area contributed by atoms with Crippen LogP contribution in [0.4, 0.5) is 19.0 Å². The number of nitrogens with one attached hydrogen (secondary N) is 1. The van der Waals surface area contributed by atoms with Gasteiger partial charge in [0.05, 0.1) is 18.1 Å². The van der Waals surface area contributed by atoms with Crippen molar-refractivity contribution >= 4 is 11.5 Å². The fraction of sp³-hybridized carbons (Fsp3) is 0.438. The second-order valence-electron chi connectivity index (χ2n) is 6.49. The molecule has 10 heteroatoms. The van der Waals surface area contributed by atoms with Crippen LogP contribution in [0.1, 0.15) is 30.0 Å². The lowest BCUT2D eigenvalue weighted by Crippen LogP contribution is -2.31. The molecule has 0 aromatic carbocycles. The van der Waals surface area contributed by atoms with E-state index in [0.717, 1.165) is 23.0 Å².